The number of carboxylic acids is 1. The molecule has 20 heavy (non-hydrogen) atoms. The Labute approximate surface area is 123 Å². The summed E-state index contributed by atoms with van der Waals surface area (Å²) in [6.45, 7) is 3.99. The molecular formula is C13H22N2O4S. The van der Waals surface area contributed by atoms with Crippen LogP contribution in [0.25, 0.3) is 0 Å². The summed E-state index contributed by atoms with van der Waals surface area (Å²) in [6, 6.07) is -0.458. The number of carbonyl (C=O) groups is 3. The molecule has 1 atom stereocenters. The number of carbonyl (C=O) groups excluding carboxylic acids is 2. The van der Waals surface area contributed by atoms with E-state index in [2.05, 4.69) is 5.32 Å². The number of hydrogen-bond donors (Lipinski definition) is 2. The second-order valence-corrected chi connectivity index (χ2v) is 5.95. The van der Waals surface area contributed by atoms with E-state index >= 15 is 0 Å². The van der Waals surface area contributed by atoms with Gasteiger partial charge in [0.25, 0.3) is 0 Å². The van der Waals surface area contributed by atoms with Crippen LogP contribution in [0.1, 0.15) is 33.1 Å². The Bertz CT molecular complexity index is 371. The van der Waals surface area contributed by atoms with Crippen LogP contribution in [0.15, 0.2) is 0 Å². The zero-order valence-electron chi connectivity index (χ0n) is 11.9. The molecule has 0 bridgehead atoms. The van der Waals surface area contributed by atoms with Crippen molar-refractivity contribution in [2.24, 2.45) is 0 Å². The van der Waals surface area contributed by atoms with Gasteiger partial charge in [-0.05, 0) is 31.9 Å². The molecule has 7 heteroatoms. The predicted octanol–water partition coefficient (Wildman–Crippen LogP) is 0.710. The normalized spacial score (nSPS) is 15.5. The molecule has 0 spiro atoms. The fourth-order valence-electron chi connectivity index (χ4n) is 1.97. The van der Waals surface area contributed by atoms with Gasteiger partial charge in [0.15, 0.2) is 0 Å². The molecular weight excluding hydrogens is 280 g/mol. The third kappa shape index (κ3) is 5.81. The van der Waals surface area contributed by atoms with Crippen LogP contribution in [-0.4, -0.2) is 57.9 Å². The van der Waals surface area contributed by atoms with Crippen LogP contribution in [-0.2, 0) is 14.4 Å². The van der Waals surface area contributed by atoms with E-state index in [1.807, 2.05) is 11.8 Å². The number of rotatable bonds is 9. The van der Waals surface area contributed by atoms with Gasteiger partial charge in [-0.25, -0.2) is 4.79 Å². The first-order chi connectivity index (χ1) is 9.45. The minimum absolute atomic E-state index is 0.117. The number of carboxylic acid groups (broad SMARTS) is 1. The molecule has 1 saturated carbocycles. The maximum absolute atomic E-state index is 11.9. The highest BCUT2D eigenvalue weighted by Gasteiger charge is 2.31. The molecule has 0 aromatic heterocycles. The quantitative estimate of drug-likeness (QED) is 0.613. The fourth-order valence-corrected chi connectivity index (χ4v) is 2.86. The monoisotopic (exact) mass is 302 g/mol. The van der Waals surface area contributed by atoms with Gasteiger partial charge in [-0.3, -0.25) is 9.59 Å². The Morgan fingerprint density at radius 2 is 2.05 bits per heavy atom. The molecule has 0 aromatic rings. The average molecular weight is 302 g/mol. The molecule has 0 radical (unpaired) electrons. The Morgan fingerprint density at radius 3 is 2.50 bits per heavy atom. The topological polar surface area (TPSA) is 86.7 Å². The van der Waals surface area contributed by atoms with Gasteiger partial charge in [0.05, 0.1) is 5.75 Å². The summed E-state index contributed by atoms with van der Waals surface area (Å²) < 4.78 is 0. The first-order valence-corrected chi connectivity index (χ1v) is 7.98. The smallest absolute Gasteiger partial charge is 0.326 e. The van der Waals surface area contributed by atoms with Gasteiger partial charge >= 0.3 is 5.97 Å². The number of thioether (sulfide) groups is 1. The summed E-state index contributed by atoms with van der Waals surface area (Å²) >= 11 is 1.42. The zero-order valence-corrected chi connectivity index (χ0v) is 12.7. The van der Waals surface area contributed by atoms with E-state index in [0.717, 1.165) is 19.4 Å². The second kappa shape index (κ2) is 8.14. The zero-order chi connectivity index (χ0) is 15.1. The van der Waals surface area contributed by atoms with E-state index in [0.29, 0.717) is 24.0 Å². The predicted molar refractivity (Wildman–Crippen MR) is 77.6 cm³/mol. The first kappa shape index (κ1) is 16.8. The molecule has 0 saturated heterocycles. The van der Waals surface area contributed by atoms with E-state index in [-0.39, 0.29) is 11.8 Å². The number of nitrogens with zero attached hydrogens (tertiary/aromatic N) is 1. The van der Waals surface area contributed by atoms with Crippen molar-refractivity contribution in [2.45, 2.75) is 45.2 Å². The molecule has 0 aliphatic heterocycles. The summed E-state index contributed by atoms with van der Waals surface area (Å²) in [4.78, 5) is 35.6. The summed E-state index contributed by atoms with van der Waals surface area (Å²) in [6.07, 6.45) is 2.50. The van der Waals surface area contributed by atoms with E-state index in [4.69, 9.17) is 5.11 Å². The number of nitrogens with one attached hydrogen (secondary N) is 1. The van der Waals surface area contributed by atoms with Crippen LogP contribution in [0.2, 0.25) is 0 Å². The fraction of sp³-hybridized carbons (Fsp3) is 0.769. The molecule has 1 aliphatic rings. The highest BCUT2D eigenvalue weighted by molar-refractivity contribution is 7.99. The molecule has 1 unspecified atom stereocenters. The van der Waals surface area contributed by atoms with Crippen molar-refractivity contribution in [3.63, 3.8) is 0 Å². The summed E-state index contributed by atoms with van der Waals surface area (Å²) in [7, 11) is 0. The molecule has 1 rings (SSSR count). The van der Waals surface area contributed by atoms with Crippen molar-refractivity contribution >= 4 is 29.5 Å². The Hall–Kier alpha value is -1.24. The molecule has 114 valence electrons. The summed E-state index contributed by atoms with van der Waals surface area (Å²) in [5.41, 5.74) is 0. The Kier molecular flexibility index (Phi) is 6.84. The maximum atomic E-state index is 11.9. The highest BCUT2D eigenvalue weighted by atomic mass is 32.2. The van der Waals surface area contributed by atoms with Crippen LogP contribution in [0.5, 0.6) is 0 Å². The molecule has 0 aromatic carbocycles. The van der Waals surface area contributed by atoms with Crippen LogP contribution in [0.3, 0.4) is 0 Å². The van der Waals surface area contributed by atoms with E-state index < -0.39 is 12.0 Å². The Morgan fingerprint density at radius 1 is 1.40 bits per heavy atom. The lowest BCUT2D eigenvalue weighted by atomic mass is 10.2. The van der Waals surface area contributed by atoms with Gasteiger partial charge in [-0.15, -0.1) is 0 Å². The Balaban J connectivity index is 2.23. The van der Waals surface area contributed by atoms with Crippen molar-refractivity contribution in [2.75, 3.05) is 18.1 Å². The van der Waals surface area contributed by atoms with Crippen molar-refractivity contribution in [1.29, 1.82) is 0 Å². The number of hydrogen-bond acceptors (Lipinski definition) is 4. The van der Waals surface area contributed by atoms with Gasteiger partial charge in [-0.1, -0.05) is 0 Å². The lowest BCUT2D eigenvalue weighted by Crippen LogP contribution is -2.40. The maximum Gasteiger partial charge on any atom is 0.326 e. The van der Waals surface area contributed by atoms with E-state index in [1.165, 1.54) is 18.7 Å². The van der Waals surface area contributed by atoms with Crippen molar-refractivity contribution in [1.82, 2.24) is 10.2 Å². The van der Waals surface area contributed by atoms with Crippen molar-refractivity contribution in [3.05, 3.63) is 0 Å². The largest absolute Gasteiger partial charge is 0.480 e. The lowest BCUT2D eigenvalue weighted by Gasteiger charge is -2.20. The van der Waals surface area contributed by atoms with Crippen LogP contribution in [0, 0.1) is 0 Å². The second-order valence-electron chi connectivity index (χ2n) is 4.84. The SMILES string of the molecule is CCN(C(=O)CSCCC(NC(C)=O)C(=O)O)C1CC1. The third-order valence-corrected chi connectivity index (χ3v) is 4.08. The average Bonchev–Trinajstić information content (AvgIpc) is 3.17. The standard InChI is InChI=1S/C13H22N2O4S/c1-3-15(10-4-5-10)12(17)8-20-7-6-11(13(18)19)14-9(2)16/h10-11H,3-8H2,1-2H3,(H,14,16)(H,18,19). The van der Waals surface area contributed by atoms with Crippen molar-refractivity contribution in [3.8, 4) is 0 Å². The van der Waals surface area contributed by atoms with Gasteiger partial charge in [0.1, 0.15) is 6.04 Å². The number of amides is 2. The van der Waals surface area contributed by atoms with Crippen LogP contribution < -0.4 is 5.32 Å². The minimum Gasteiger partial charge on any atom is -0.480 e. The molecule has 0 heterocycles. The van der Waals surface area contributed by atoms with Gasteiger partial charge in [-0.2, -0.15) is 11.8 Å². The van der Waals surface area contributed by atoms with Gasteiger partial charge in [0, 0.05) is 19.5 Å². The van der Waals surface area contributed by atoms with Crippen LogP contribution in [0.4, 0.5) is 0 Å². The lowest BCUT2D eigenvalue weighted by molar-refractivity contribution is -0.141. The van der Waals surface area contributed by atoms with Gasteiger partial charge < -0.3 is 15.3 Å². The summed E-state index contributed by atoms with van der Waals surface area (Å²) in [5.74, 6) is -0.377. The highest BCUT2D eigenvalue weighted by Crippen LogP contribution is 2.27. The minimum atomic E-state index is -1.04. The van der Waals surface area contributed by atoms with Gasteiger partial charge in [0.2, 0.25) is 11.8 Å². The molecule has 2 N–H and O–H groups in total. The number of aliphatic carboxylic acids is 1. The third-order valence-electron chi connectivity index (χ3n) is 3.10. The van der Waals surface area contributed by atoms with E-state index in [1.54, 1.807) is 0 Å². The molecule has 2 amide bonds. The summed E-state index contributed by atoms with van der Waals surface area (Å²) in [5, 5.41) is 11.3. The molecule has 1 fully saturated rings. The molecule has 1 aliphatic carbocycles. The van der Waals surface area contributed by atoms with Crippen LogP contribution >= 0.6 is 11.8 Å². The van der Waals surface area contributed by atoms with E-state index in [9.17, 15) is 14.4 Å². The first-order valence-electron chi connectivity index (χ1n) is 6.82. The van der Waals surface area contributed by atoms with Crippen molar-refractivity contribution < 1.29 is 19.5 Å². The molecule has 6 nitrogen and oxygen atoms in total.